The van der Waals surface area contributed by atoms with Crippen LogP contribution in [-0.2, 0) is 17.8 Å². The number of phenolic OH excluding ortho intramolecular Hbond substituents is 1. The summed E-state index contributed by atoms with van der Waals surface area (Å²) < 4.78 is 0. The van der Waals surface area contributed by atoms with Crippen molar-refractivity contribution in [2.75, 3.05) is 0 Å². The Balaban J connectivity index is 1.87. The van der Waals surface area contributed by atoms with Crippen LogP contribution in [0.4, 0.5) is 0 Å². The first-order valence-corrected chi connectivity index (χ1v) is 6.99. The monoisotopic (exact) mass is 284 g/mol. The largest absolute Gasteiger partial charge is 0.508 e. The average Bonchev–Trinajstić information content (AvgIpc) is 2.49. The quantitative estimate of drug-likeness (QED) is 0.727. The third-order valence-electron chi connectivity index (χ3n) is 3.40. The van der Waals surface area contributed by atoms with Crippen LogP contribution in [0, 0.1) is 0 Å². The van der Waals surface area contributed by atoms with Crippen molar-refractivity contribution in [2.24, 2.45) is 5.73 Å². The number of aromatic hydroxyl groups is 1. The van der Waals surface area contributed by atoms with E-state index in [-0.39, 0.29) is 17.7 Å². The van der Waals surface area contributed by atoms with Gasteiger partial charge in [0, 0.05) is 6.54 Å². The number of carbonyl (C=O) groups is 1. The fourth-order valence-electron chi connectivity index (χ4n) is 2.16. The maximum atomic E-state index is 11.5. The van der Waals surface area contributed by atoms with Gasteiger partial charge in [0.15, 0.2) is 0 Å². The molecule has 0 bridgehead atoms. The van der Waals surface area contributed by atoms with E-state index >= 15 is 0 Å². The van der Waals surface area contributed by atoms with Gasteiger partial charge in [0.05, 0.1) is 6.04 Å². The number of nitrogens with two attached hydrogens (primary N) is 1. The van der Waals surface area contributed by atoms with Gasteiger partial charge in [0.1, 0.15) is 5.75 Å². The minimum Gasteiger partial charge on any atom is -0.508 e. The molecule has 0 fully saturated rings. The molecular weight excluding hydrogens is 264 g/mol. The van der Waals surface area contributed by atoms with Crippen molar-refractivity contribution in [3.05, 3.63) is 65.7 Å². The second kappa shape index (κ2) is 7.45. The number of hydrogen-bond acceptors (Lipinski definition) is 3. The molecular formula is C17H20N2O2. The predicted octanol–water partition coefficient (Wildman–Crippen LogP) is 1.97. The maximum absolute atomic E-state index is 11.5. The summed E-state index contributed by atoms with van der Waals surface area (Å²) in [6.07, 6.45) is 1.47. The minimum atomic E-state index is -0.362. The van der Waals surface area contributed by atoms with Gasteiger partial charge in [-0.1, -0.05) is 42.5 Å². The molecule has 0 saturated carbocycles. The maximum Gasteiger partial charge on any atom is 0.234 e. The van der Waals surface area contributed by atoms with E-state index in [1.165, 1.54) is 5.56 Å². The van der Waals surface area contributed by atoms with Gasteiger partial charge >= 0.3 is 0 Å². The van der Waals surface area contributed by atoms with Gasteiger partial charge in [0.2, 0.25) is 5.91 Å². The summed E-state index contributed by atoms with van der Waals surface area (Å²) in [7, 11) is 0. The van der Waals surface area contributed by atoms with Crippen LogP contribution in [0.1, 0.15) is 17.5 Å². The standard InChI is InChI=1S/C17H20N2O2/c18-17(21)16(11-8-13-4-2-1-3-5-13)19-12-14-6-9-15(20)10-7-14/h1-7,9-10,16,19-20H,8,11-12H2,(H2,18,21). The molecule has 0 aliphatic rings. The van der Waals surface area contributed by atoms with E-state index in [9.17, 15) is 9.90 Å². The molecule has 0 aliphatic heterocycles. The summed E-state index contributed by atoms with van der Waals surface area (Å²) in [5, 5.41) is 12.4. The fraction of sp³-hybridized carbons (Fsp3) is 0.235. The van der Waals surface area contributed by atoms with Crippen molar-refractivity contribution < 1.29 is 9.90 Å². The predicted molar refractivity (Wildman–Crippen MR) is 82.7 cm³/mol. The van der Waals surface area contributed by atoms with Crippen LogP contribution in [0.5, 0.6) is 5.75 Å². The van der Waals surface area contributed by atoms with E-state index in [1.54, 1.807) is 12.1 Å². The molecule has 4 nitrogen and oxygen atoms in total. The number of primary amides is 1. The Morgan fingerprint density at radius 3 is 2.33 bits per heavy atom. The Bertz CT molecular complexity index is 567. The molecule has 0 radical (unpaired) electrons. The van der Waals surface area contributed by atoms with E-state index in [0.717, 1.165) is 12.0 Å². The zero-order valence-electron chi connectivity index (χ0n) is 11.8. The first-order valence-electron chi connectivity index (χ1n) is 6.99. The zero-order chi connectivity index (χ0) is 15.1. The Hall–Kier alpha value is -2.33. The number of aryl methyl sites for hydroxylation is 1. The number of amides is 1. The van der Waals surface area contributed by atoms with Gasteiger partial charge < -0.3 is 16.2 Å². The highest BCUT2D eigenvalue weighted by molar-refractivity contribution is 5.79. The van der Waals surface area contributed by atoms with Crippen molar-refractivity contribution in [3.8, 4) is 5.75 Å². The van der Waals surface area contributed by atoms with Crippen molar-refractivity contribution in [2.45, 2.75) is 25.4 Å². The number of rotatable bonds is 7. The Kier molecular flexibility index (Phi) is 5.35. The van der Waals surface area contributed by atoms with Gasteiger partial charge in [-0.25, -0.2) is 0 Å². The van der Waals surface area contributed by atoms with Gasteiger partial charge in [0.25, 0.3) is 0 Å². The van der Waals surface area contributed by atoms with Crippen LogP contribution < -0.4 is 11.1 Å². The van der Waals surface area contributed by atoms with Crippen molar-refractivity contribution in [1.82, 2.24) is 5.32 Å². The van der Waals surface area contributed by atoms with Crippen LogP contribution in [0.15, 0.2) is 54.6 Å². The normalized spacial score (nSPS) is 12.0. The highest BCUT2D eigenvalue weighted by Gasteiger charge is 2.14. The lowest BCUT2D eigenvalue weighted by molar-refractivity contribution is -0.120. The molecule has 0 spiro atoms. The summed E-state index contributed by atoms with van der Waals surface area (Å²) in [5.41, 5.74) is 7.64. The molecule has 0 saturated heterocycles. The highest BCUT2D eigenvalue weighted by Crippen LogP contribution is 2.10. The summed E-state index contributed by atoms with van der Waals surface area (Å²) in [6.45, 7) is 0.544. The Morgan fingerprint density at radius 1 is 1.05 bits per heavy atom. The van der Waals surface area contributed by atoms with E-state index in [4.69, 9.17) is 5.73 Å². The van der Waals surface area contributed by atoms with Gasteiger partial charge in [-0.05, 0) is 36.1 Å². The lowest BCUT2D eigenvalue weighted by atomic mass is 10.0. The van der Waals surface area contributed by atoms with Gasteiger partial charge in [-0.15, -0.1) is 0 Å². The molecule has 0 aromatic heterocycles. The third kappa shape index (κ3) is 4.93. The molecule has 0 aliphatic carbocycles. The van der Waals surface area contributed by atoms with Crippen LogP contribution in [0.3, 0.4) is 0 Å². The topological polar surface area (TPSA) is 75.4 Å². The van der Waals surface area contributed by atoms with E-state index < -0.39 is 0 Å². The minimum absolute atomic E-state index is 0.231. The summed E-state index contributed by atoms with van der Waals surface area (Å²) in [5.74, 6) is -0.112. The van der Waals surface area contributed by atoms with Crippen molar-refractivity contribution in [1.29, 1.82) is 0 Å². The molecule has 21 heavy (non-hydrogen) atoms. The fourth-order valence-corrected chi connectivity index (χ4v) is 2.16. The van der Waals surface area contributed by atoms with Gasteiger partial charge in [-0.2, -0.15) is 0 Å². The van der Waals surface area contributed by atoms with Crippen molar-refractivity contribution >= 4 is 5.91 Å². The average molecular weight is 284 g/mol. The molecule has 1 unspecified atom stereocenters. The number of phenols is 1. The molecule has 4 heteroatoms. The molecule has 2 aromatic carbocycles. The summed E-state index contributed by atoms with van der Waals surface area (Å²) >= 11 is 0. The van der Waals surface area contributed by atoms with E-state index in [0.29, 0.717) is 13.0 Å². The summed E-state index contributed by atoms with van der Waals surface area (Å²) in [6, 6.07) is 16.5. The lowest BCUT2D eigenvalue weighted by Gasteiger charge is -2.15. The molecule has 2 aromatic rings. The Labute approximate surface area is 124 Å². The molecule has 0 heterocycles. The number of carbonyl (C=O) groups excluding carboxylic acids is 1. The van der Waals surface area contributed by atoms with Crippen LogP contribution in [0.25, 0.3) is 0 Å². The lowest BCUT2D eigenvalue weighted by Crippen LogP contribution is -2.41. The Morgan fingerprint density at radius 2 is 1.71 bits per heavy atom. The number of hydrogen-bond donors (Lipinski definition) is 3. The molecule has 1 atom stereocenters. The van der Waals surface area contributed by atoms with E-state index in [1.807, 2.05) is 42.5 Å². The first-order chi connectivity index (χ1) is 10.1. The second-order valence-corrected chi connectivity index (χ2v) is 5.03. The van der Waals surface area contributed by atoms with Crippen LogP contribution in [0.2, 0.25) is 0 Å². The van der Waals surface area contributed by atoms with E-state index in [2.05, 4.69) is 5.32 Å². The molecule has 4 N–H and O–H groups in total. The molecule has 1 amide bonds. The number of benzene rings is 2. The van der Waals surface area contributed by atoms with Crippen LogP contribution in [-0.4, -0.2) is 17.1 Å². The molecule has 110 valence electrons. The third-order valence-corrected chi connectivity index (χ3v) is 3.40. The zero-order valence-corrected chi connectivity index (χ0v) is 11.8. The first kappa shape index (κ1) is 15.1. The van der Waals surface area contributed by atoms with Crippen molar-refractivity contribution in [3.63, 3.8) is 0 Å². The second-order valence-electron chi connectivity index (χ2n) is 5.03. The van der Waals surface area contributed by atoms with Gasteiger partial charge in [-0.3, -0.25) is 4.79 Å². The smallest absolute Gasteiger partial charge is 0.234 e. The highest BCUT2D eigenvalue weighted by atomic mass is 16.3. The number of nitrogens with one attached hydrogen (secondary N) is 1. The molecule has 2 rings (SSSR count). The SMILES string of the molecule is NC(=O)C(CCc1ccccc1)NCc1ccc(O)cc1. The summed E-state index contributed by atoms with van der Waals surface area (Å²) in [4.78, 5) is 11.5. The van der Waals surface area contributed by atoms with Crippen LogP contribution >= 0.6 is 0 Å².